The standard InChI is InChI=1S/C24H21N3O2S/c25-19-8-4-5-9-20(19)27-24(29)22-14-18-11-10-17(12-21(18)30-22)15-26-23(28)13-16-6-2-1-3-7-16/h1-12,14H,13,15,25H2,(H,26,28)(H,27,29). The first-order chi connectivity index (χ1) is 14.6. The zero-order valence-corrected chi connectivity index (χ0v) is 17.0. The Kier molecular flexibility index (Phi) is 5.77. The summed E-state index contributed by atoms with van der Waals surface area (Å²) in [7, 11) is 0. The number of nitrogens with two attached hydrogens (primary N) is 1. The zero-order valence-electron chi connectivity index (χ0n) is 16.2. The second-order valence-corrected chi connectivity index (χ2v) is 8.05. The van der Waals surface area contributed by atoms with Crippen molar-refractivity contribution in [3.63, 3.8) is 0 Å². The summed E-state index contributed by atoms with van der Waals surface area (Å²) in [6.07, 6.45) is 0.356. The lowest BCUT2D eigenvalue weighted by Gasteiger charge is -2.06. The van der Waals surface area contributed by atoms with Gasteiger partial charge in [-0.05, 0) is 40.8 Å². The highest BCUT2D eigenvalue weighted by molar-refractivity contribution is 7.20. The number of nitrogens with one attached hydrogen (secondary N) is 2. The smallest absolute Gasteiger partial charge is 0.265 e. The monoisotopic (exact) mass is 415 g/mol. The topological polar surface area (TPSA) is 84.2 Å². The van der Waals surface area contributed by atoms with Gasteiger partial charge in [-0.25, -0.2) is 0 Å². The minimum atomic E-state index is -0.188. The number of hydrogen-bond acceptors (Lipinski definition) is 4. The first-order valence-electron chi connectivity index (χ1n) is 9.57. The Hall–Kier alpha value is -3.64. The van der Waals surface area contributed by atoms with E-state index in [2.05, 4.69) is 10.6 Å². The van der Waals surface area contributed by atoms with Gasteiger partial charge in [0.15, 0.2) is 0 Å². The summed E-state index contributed by atoms with van der Waals surface area (Å²) in [5.74, 6) is -0.209. The predicted octanol–water partition coefficient (Wildman–Crippen LogP) is 4.59. The van der Waals surface area contributed by atoms with Crippen LogP contribution in [0.4, 0.5) is 11.4 Å². The highest BCUT2D eigenvalue weighted by atomic mass is 32.1. The van der Waals surface area contributed by atoms with Crippen LogP contribution in [0.15, 0.2) is 78.9 Å². The van der Waals surface area contributed by atoms with Crippen molar-refractivity contribution in [2.24, 2.45) is 0 Å². The molecule has 3 aromatic carbocycles. The third-order valence-electron chi connectivity index (χ3n) is 4.71. The fourth-order valence-electron chi connectivity index (χ4n) is 3.14. The number of benzene rings is 3. The molecule has 6 heteroatoms. The van der Waals surface area contributed by atoms with Crippen LogP contribution >= 0.6 is 11.3 Å². The molecule has 2 amide bonds. The maximum atomic E-state index is 12.6. The van der Waals surface area contributed by atoms with Crippen molar-refractivity contribution in [3.05, 3.63) is 94.9 Å². The van der Waals surface area contributed by atoms with Gasteiger partial charge in [-0.1, -0.05) is 54.6 Å². The molecule has 0 unspecified atom stereocenters. The van der Waals surface area contributed by atoms with Crippen molar-refractivity contribution >= 4 is 44.6 Å². The summed E-state index contributed by atoms with van der Waals surface area (Å²) in [6.45, 7) is 0.446. The molecule has 0 fully saturated rings. The molecule has 4 rings (SSSR count). The zero-order chi connectivity index (χ0) is 20.9. The third-order valence-corrected chi connectivity index (χ3v) is 5.81. The SMILES string of the molecule is Nc1ccccc1NC(=O)c1cc2ccc(CNC(=O)Cc3ccccc3)cc2s1. The van der Waals surface area contributed by atoms with Crippen molar-refractivity contribution < 1.29 is 9.59 Å². The van der Waals surface area contributed by atoms with Crippen LogP contribution in [-0.4, -0.2) is 11.8 Å². The minimum Gasteiger partial charge on any atom is -0.397 e. The molecule has 0 aliphatic heterocycles. The fraction of sp³-hybridized carbons (Fsp3) is 0.0833. The average molecular weight is 416 g/mol. The molecule has 4 aromatic rings. The number of fused-ring (bicyclic) bond motifs is 1. The van der Waals surface area contributed by atoms with Crippen LogP contribution < -0.4 is 16.4 Å². The maximum absolute atomic E-state index is 12.6. The molecule has 0 saturated carbocycles. The van der Waals surface area contributed by atoms with Gasteiger partial charge in [0.05, 0.1) is 22.7 Å². The highest BCUT2D eigenvalue weighted by Gasteiger charge is 2.12. The summed E-state index contributed by atoms with van der Waals surface area (Å²) < 4.78 is 0.996. The Bertz CT molecular complexity index is 1200. The van der Waals surface area contributed by atoms with Crippen LogP contribution in [0.3, 0.4) is 0 Å². The van der Waals surface area contributed by atoms with Gasteiger partial charge in [0.25, 0.3) is 5.91 Å². The van der Waals surface area contributed by atoms with E-state index >= 15 is 0 Å². The van der Waals surface area contributed by atoms with Crippen molar-refractivity contribution in [1.29, 1.82) is 0 Å². The third kappa shape index (κ3) is 4.67. The minimum absolute atomic E-state index is 0.0204. The van der Waals surface area contributed by atoms with Crippen LogP contribution in [0.2, 0.25) is 0 Å². The van der Waals surface area contributed by atoms with Crippen LogP contribution in [0.5, 0.6) is 0 Å². The first kappa shape index (κ1) is 19.7. The number of para-hydroxylation sites is 2. The van der Waals surface area contributed by atoms with Gasteiger partial charge in [-0.2, -0.15) is 0 Å². The van der Waals surface area contributed by atoms with Crippen molar-refractivity contribution in [1.82, 2.24) is 5.32 Å². The van der Waals surface area contributed by atoms with E-state index < -0.39 is 0 Å². The molecule has 0 spiro atoms. The van der Waals surface area contributed by atoms with E-state index in [-0.39, 0.29) is 11.8 Å². The number of carbonyl (C=O) groups excluding carboxylic acids is 2. The van der Waals surface area contributed by atoms with E-state index in [1.165, 1.54) is 11.3 Å². The Morgan fingerprint density at radius 2 is 1.63 bits per heavy atom. The Morgan fingerprint density at radius 3 is 2.43 bits per heavy atom. The van der Waals surface area contributed by atoms with Gasteiger partial charge in [0, 0.05) is 11.2 Å². The molecule has 30 heavy (non-hydrogen) atoms. The summed E-state index contributed by atoms with van der Waals surface area (Å²) in [5, 5.41) is 6.80. The molecule has 0 aliphatic carbocycles. The molecule has 0 radical (unpaired) electrons. The van der Waals surface area contributed by atoms with Gasteiger partial charge in [0.1, 0.15) is 0 Å². The number of hydrogen-bond donors (Lipinski definition) is 3. The number of thiophene rings is 1. The van der Waals surface area contributed by atoms with E-state index in [9.17, 15) is 9.59 Å². The lowest BCUT2D eigenvalue weighted by atomic mass is 10.1. The Morgan fingerprint density at radius 1 is 0.867 bits per heavy atom. The van der Waals surface area contributed by atoms with Crippen LogP contribution in [0.1, 0.15) is 20.8 Å². The summed E-state index contributed by atoms with van der Waals surface area (Å²) in [6, 6.07) is 24.6. The highest BCUT2D eigenvalue weighted by Crippen LogP contribution is 2.28. The van der Waals surface area contributed by atoms with Crippen molar-refractivity contribution in [2.75, 3.05) is 11.1 Å². The molecule has 1 aromatic heterocycles. The summed E-state index contributed by atoms with van der Waals surface area (Å²) in [4.78, 5) is 25.4. The fourth-order valence-corrected chi connectivity index (χ4v) is 4.16. The second-order valence-electron chi connectivity index (χ2n) is 6.96. The molecule has 4 N–H and O–H groups in total. The van der Waals surface area contributed by atoms with E-state index in [4.69, 9.17) is 5.73 Å². The summed E-state index contributed by atoms with van der Waals surface area (Å²) >= 11 is 1.42. The van der Waals surface area contributed by atoms with E-state index in [1.54, 1.807) is 12.1 Å². The van der Waals surface area contributed by atoms with Crippen LogP contribution in [0.25, 0.3) is 10.1 Å². The predicted molar refractivity (Wildman–Crippen MR) is 123 cm³/mol. The number of nitrogen functional groups attached to an aromatic ring is 1. The molecule has 1 heterocycles. The first-order valence-corrected chi connectivity index (χ1v) is 10.4. The molecule has 5 nitrogen and oxygen atoms in total. The lowest BCUT2D eigenvalue weighted by molar-refractivity contribution is -0.120. The average Bonchev–Trinajstić information content (AvgIpc) is 3.18. The largest absolute Gasteiger partial charge is 0.397 e. The van der Waals surface area contributed by atoms with Crippen molar-refractivity contribution in [3.8, 4) is 0 Å². The number of anilines is 2. The molecular weight excluding hydrogens is 394 g/mol. The van der Waals surface area contributed by atoms with Crippen molar-refractivity contribution in [2.45, 2.75) is 13.0 Å². The molecular formula is C24H21N3O2S. The van der Waals surface area contributed by atoms with Gasteiger partial charge in [-0.15, -0.1) is 11.3 Å². The van der Waals surface area contributed by atoms with Gasteiger partial charge < -0.3 is 16.4 Å². The van der Waals surface area contributed by atoms with Gasteiger partial charge >= 0.3 is 0 Å². The van der Waals surface area contributed by atoms with Crippen LogP contribution in [-0.2, 0) is 17.8 Å². The van der Waals surface area contributed by atoms with Crippen LogP contribution in [0, 0.1) is 0 Å². The van der Waals surface area contributed by atoms with E-state index in [1.807, 2.05) is 66.7 Å². The van der Waals surface area contributed by atoms with E-state index in [0.717, 1.165) is 21.2 Å². The number of carbonyl (C=O) groups is 2. The quantitative estimate of drug-likeness (QED) is 0.403. The van der Waals surface area contributed by atoms with Gasteiger partial charge in [0.2, 0.25) is 5.91 Å². The van der Waals surface area contributed by atoms with Gasteiger partial charge in [-0.3, -0.25) is 9.59 Å². The number of rotatable bonds is 6. The molecule has 150 valence electrons. The van der Waals surface area contributed by atoms with E-state index in [0.29, 0.717) is 29.2 Å². The Labute approximate surface area is 178 Å². The molecule has 0 aliphatic rings. The Balaban J connectivity index is 1.41. The molecule has 0 bridgehead atoms. The lowest BCUT2D eigenvalue weighted by Crippen LogP contribution is -2.24. The molecule has 0 atom stereocenters. The number of amides is 2. The maximum Gasteiger partial charge on any atom is 0.265 e. The second kappa shape index (κ2) is 8.80. The summed E-state index contributed by atoms with van der Waals surface area (Å²) in [5.41, 5.74) is 9.00. The molecule has 0 saturated heterocycles. The normalized spacial score (nSPS) is 10.7.